The average Bonchev–Trinajstić information content (AvgIpc) is 3.50. The van der Waals surface area contributed by atoms with Crippen molar-refractivity contribution in [3.8, 4) is 17.1 Å². The molecule has 0 amide bonds. The van der Waals surface area contributed by atoms with Gasteiger partial charge in [0.15, 0.2) is 0 Å². The molecule has 30 heavy (non-hydrogen) atoms. The first-order valence-electron chi connectivity index (χ1n) is 9.61. The number of rotatable bonds is 8. The highest BCUT2D eigenvalue weighted by Gasteiger charge is 2.34. The van der Waals surface area contributed by atoms with Crippen molar-refractivity contribution < 1.29 is 22.4 Å². The fourth-order valence-corrected chi connectivity index (χ4v) is 4.68. The maximum Gasteiger partial charge on any atom is 0.252 e. The van der Waals surface area contributed by atoms with E-state index in [-0.39, 0.29) is 17.6 Å². The molecule has 0 saturated carbocycles. The number of aryl methyl sites for hydroxylation is 1. The van der Waals surface area contributed by atoms with Gasteiger partial charge in [0.1, 0.15) is 23.4 Å². The van der Waals surface area contributed by atoms with Crippen molar-refractivity contribution in [3.05, 3.63) is 42.5 Å². The van der Waals surface area contributed by atoms with Crippen LogP contribution in [0.4, 0.5) is 0 Å². The minimum absolute atomic E-state index is 0.210. The van der Waals surface area contributed by atoms with Gasteiger partial charge < -0.3 is 14.0 Å². The molecule has 0 aliphatic carbocycles. The number of methoxy groups -OCH3 is 1. The minimum Gasteiger partial charge on any atom is -0.489 e. The van der Waals surface area contributed by atoms with Crippen LogP contribution in [0.2, 0.25) is 0 Å². The second-order valence-corrected chi connectivity index (χ2v) is 8.83. The molecule has 0 N–H and O–H groups in total. The van der Waals surface area contributed by atoms with Crippen molar-refractivity contribution in [2.45, 2.75) is 37.5 Å². The summed E-state index contributed by atoms with van der Waals surface area (Å²) < 4.78 is 44.7. The van der Waals surface area contributed by atoms with Crippen molar-refractivity contribution in [2.24, 2.45) is 0 Å². The SMILES string of the molecule is CCn1cc(S(=O)(=O)N2CCC(Oc3ccc(-c4noc(COC)n4)cc3)C2)cn1. The Hall–Kier alpha value is -2.76. The fourth-order valence-electron chi connectivity index (χ4n) is 3.24. The predicted molar refractivity (Wildman–Crippen MR) is 106 cm³/mol. The lowest BCUT2D eigenvalue weighted by Crippen LogP contribution is -2.30. The van der Waals surface area contributed by atoms with Gasteiger partial charge in [-0.05, 0) is 37.6 Å². The summed E-state index contributed by atoms with van der Waals surface area (Å²) in [6.07, 6.45) is 3.35. The highest BCUT2D eigenvalue weighted by Crippen LogP contribution is 2.25. The molecule has 1 fully saturated rings. The van der Waals surface area contributed by atoms with Gasteiger partial charge in [0.25, 0.3) is 5.89 Å². The van der Waals surface area contributed by atoms with Gasteiger partial charge in [0.2, 0.25) is 15.8 Å². The number of aromatic nitrogens is 4. The quantitative estimate of drug-likeness (QED) is 0.530. The topological polar surface area (TPSA) is 113 Å². The number of benzene rings is 1. The third-order valence-electron chi connectivity index (χ3n) is 4.83. The lowest BCUT2D eigenvalue weighted by molar-refractivity contribution is 0.151. The van der Waals surface area contributed by atoms with Crippen molar-refractivity contribution in [3.63, 3.8) is 0 Å². The van der Waals surface area contributed by atoms with E-state index in [1.165, 1.54) is 10.5 Å². The lowest BCUT2D eigenvalue weighted by Gasteiger charge is -2.16. The zero-order chi connectivity index (χ0) is 21.1. The average molecular weight is 433 g/mol. The van der Waals surface area contributed by atoms with E-state index in [1.54, 1.807) is 18.0 Å². The number of hydrogen-bond donors (Lipinski definition) is 0. The molecule has 1 aliphatic rings. The molecule has 1 unspecified atom stereocenters. The van der Waals surface area contributed by atoms with E-state index in [4.69, 9.17) is 14.0 Å². The molecule has 1 aromatic carbocycles. The van der Waals surface area contributed by atoms with E-state index < -0.39 is 10.0 Å². The highest BCUT2D eigenvalue weighted by atomic mass is 32.2. The van der Waals surface area contributed by atoms with Gasteiger partial charge in [-0.3, -0.25) is 4.68 Å². The van der Waals surface area contributed by atoms with E-state index >= 15 is 0 Å². The first-order chi connectivity index (χ1) is 14.5. The summed E-state index contributed by atoms with van der Waals surface area (Å²) in [4.78, 5) is 4.46. The Bertz CT molecular complexity index is 1090. The molecule has 2 aromatic heterocycles. The van der Waals surface area contributed by atoms with Gasteiger partial charge in [-0.2, -0.15) is 14.4 Å². The van der Waals surface area contributed by atoms with E-state index in [2.05, 4.69) is 15.2 Å². The minimum atomic E-state index is -3.57. The molecular formula is C19H23N5O5S. The Morgan fingerprint density at radius 2 is 2.07 bits per heavy atom. The molecule has 1 atom stereocenters. The van der Waals surface area contributed by atoms with Crippen LogP contribution in [0.3, 0.4) is 0 Å². The van der Waals surface area contributed by atoms with Gasteiger partial charge in [-0.15, -0.1) is 0 Å². The van der Waals surface area contributed by atoms with Crippen LogP contribution < -0.4 is 4.74 Å². The van der Waals surface area contributed by atoms with Gasteiger partial charge in [0.05, 0.1) is 12.7 Å². The summed E-state index contributed by atoms with van der Waals surface area (Å²) >= 11 is 0. The van der Waals surface area contributed by atoms with Crippen molar-refractivity contribution in [1.29, 1.82) is 0 Å². The summed E-state index contributed by atoms with van der Waals surface area (Å²) in [5.74, 6) is 1.53. The molecule has 0 spiro atoms. The van der Waals surface area contributed by atoms with Crippen LogP contribution >= 0.6 is 0 Å². The number of sulfonamides is 1. The monoisotopic (exact) mass is 433 g/mol. The summed E-state index contributed by atoms with van der Waals surface area (Å²) in [6.45, 7) is 3.50. The van der Waals surface area contributed by atoms with Crippen LogP contribution in [0.15, 0.2) is 46.1 Å². The van der Waals surface area contributed by atoms with Gasteiger partial charge in [0, 0.05) is 32.0 Å². The van der Waals surface area contributed by atoms with E-state index in [0.29, 0.717) is 43.5 Å². The van der Waals surface area contributed by atoms with E-state index in [9.17, 15) is 8.42 Å². The van der Waals surface area contributed by atoms with Crippen LogP contribution in [0.1, 0.15) is 19.2 Å². The van der Waals surface area contributed by atoms with Gasteiger partial charge in [-0.1, -0.05) is 5.16 Å². The fraction of sp³-hybridized carbons (Fsp3) is 0.421. The molecule has 0 radical (unpaired) electrons. The van der Waals surface area contributed by atoms with Crippen molar-refractivity contribution >= 4 is 10.0 Å². The molecule has 3 heterocycles. The van der Waals surface area contributed by atoms with Gasteiger partial charge in [-0.25, -0.2) is 8.42 Å². The van der Waals surface area contributed by atoms with Crippen molar-refractivity contribution in [2.75, 3.05) is 20.2 Å². The Labute approximate surface area is 174 Å². The molecule has 11 heteroatoms. The number of ether oxygens (including phenoxy) is 2. The van der Waals surface area contributed by atoms with Crippen LogP contribution in [0.25, 0.3) is 11.4 Å². The standard InChI is InChI=1S/C19H23N5O5S/c1-3-23-12-17(10-20-23)30(25,26)24-9-8-16(11-24)28-15-6-4-14(5-7-15)19-21-18(13-27-2)29-22-19/h4-7,10,12,16H,3,8-9,11,13H2,1-2H3. The summed E-state index contributed by atoms with van der Waals surface area (Å²) in [7, 11) is -2.01. The molecule has 10 nitrogen and oxygen atoms in total. The van der Waals surface area contributed by atoms with Crippen molar-refractivity contribution in [1.82, 2.24) is 24.2 Å². The second kappa shape index (κ2) is 8.54. The lowest BCUT2D eigenvalue weighted by atomic mass is 10.2. The third kappa shape index (κ3) is 4.23. The zero-order valence-electron chi connectivity index (χ0n) is 16.8. The van der Waals surface area contributed by atoms with Crippen LogP contribution in [-0.4, -0.2) is 58.9 Å². The Balaban J connectivity index is 1.38. The van der Waals surface area contributed by atoms with Crippen LogP contribution in [-0.2, 0) is 27.9 Å². The maximum absolute atomic E-state index is 12.8. The molecule has 1 saturated heterocycles. The van der Waals surface area contributed by atoms with Crippen LogP contribution in [0, 0.1) is 0 Å². The predicted octanol–water partition coefficient (Wildman–Crippen LogP) is 1.94. The summed E-state index contributed by atoms with van der Waals surface area (Å²) in [5, 5.41) is 7.98. The second-order valence-electron chi connectivity index (χ2n) is 6.89. The zero-order valence-corrected chi connectivity index (χ0v) is 17.6. The normalized spacial score (nSPS) is 17.5. The smallest absolute Gasteiger partial charge is 0.252 e. The molecule has 0 bridgehead atoms. The Morgan fingerprint density at radius 1 is 1.27 bits per heavy atom. The van der Waals surface area contributed by atoms with E-state index in [0.717, 1.165) is 5.56 Å². The molecule has 1 aliphatic heterocycles. The Morgan fingerprint density at radius 3 is 2.77 bits per heavy atom. The summed E-state index contributed by atoms with van der Waals surface area (Å²) in [5.41, 5.74) is 0.789. The first kappa shape index (κ1) is 20.5. The molecule has 4 rings (SSSR count). The first-order valence-corrected chi connectivity index (χ1v) is 11.0. The Kier molecular flexibility index (Phi) is 5.84. The number of hydrogen-bond acceptors (Lipinski definition) is 8. The largest absolute Gasteiger partial charge is 0.489 e. The number of nitrogens with zero attached hydrogens (tertiary/aromatic N) is 5. The maximum atomic E-state index is 12.8. The molecular weight excluding hydrogens is 410 g/mol. The summed E-state index contributed by atoms with van der Waals surface area (Å²) in [6, 6.07) is 7.28. The van der Waals surface area contributed by atoms with Gasteiger partial charge >= 0.3 is 0 Å². The molecule has 160 valence electrons. The van der Waals surface area contributed by atoms with Crippen LogP contribution in [0.5, 0.6) is 5.75 Å². The molecule has 3 aromatic rings. The highest BCUT2D eigenvalue weighted by molar-refractivity contribution is 7.89. The third-order valence-corrected chi connectivity index (χ3v) is 6.65. The van der Waals surface area contributed by atoms with E-state index in [1.807, 2.05) is 31.2 Å².